The number of aryl methyl sites for hydroxylation is 1. The molecule has 0 aliphatic carbocycles. The van der Waals surface area contributed by atoms with Crippen LogP contribution >= 0.6 is 0 Å². The molecule has 4 rings (SSSR count). The lowest BCUT2D eigenvalue weighted by atomic mass is 10.2. The van der Waals surface area contributed by atoms with Crippen LogP contribution in [0.5, 0.6) is 5.75 Å². The molecule has 1 aliphatic rings. The van der Waals surface area contributed by atoms with Crippen molar-refractivity contribution in [1.29, 1.82) is 0 Å². The molecule has 1 atom stereocenters. The molecule has 28 heavy (non-hydrogen) atoms. The van der Waals surface area contributed by atoms with Gasteiger partial charge in [-0.3, -0.25) is 0 Å². The quantitative estimate of drug-likeness (QED) is 0.683. The number of ether oxygens (including phenoxy) is 1. The molecule has 0 bridgehead atoms. The monoisotopic (exact) mass is 401 g/mol. The van der Waals surface area contributed by atoms with E-state index in [1.807, 2.05) is 36.1 Å². The van der Waals surface area contributed by atoms with Crippen LogP contribution in [-0.2, 0) is 10.0 Å². The van der Waals surface area contributed by atoms with Crippen molar-refractivity contribution in [2.45, 2.75) is 30.7 Å². The lowest BCUT2D eigenvalue weighted by molar-refractivity contribution is 0.411. The number of aromatic nitrogens is 1. The molecule has 1 fully saturated rings. The summed E-state index contributed by atoms with van der Waals surface area (Å²) in [5.74, 6) is 0.664. The Morgan fingerprint density at radius 1 is 1.29 bits per heavy atom. The maximum absolute atomic E-state index is 12.7. The third-order valence-corrected chi connectivity index (χ3v) is 6.51. The lowest BCUT2D eigenvalue weighted by Crippen LogP contribution is -2.40. The first-order valence-electron chi connectivity index (χ1n) is 9.24. The summed E-state index contributed by atoms with van der Waals surface area (Å²) in [5.41, 5.74) is 2.31. The summed E-state index contributed by atoms with van der Waals surface area (Å²) in [6, 6.07) is 13.0. The molecule has 2 heterocycles. The second kappa shape index (κ2) is 7.44. The molecule has 2 aromatic carbocycles. The third kappa shape index (κ3) is 3.57. The van der Waals surface area contributed by atoms with Crippen molar-refractivity contribution >= 4 is 27.1 Å². The zero-order valence-corrected chi connectivity index (χ0v) is 16.7. The van der Waals surface area contributed by atoms with Crippen LogP contribution in [0, 0.1) is 6.92 Å². The number of anilines is 1. The summed E-state index contributed by atoms with van der Waals surface area (Å²) < 4.78 is 39.2. The highest BCUT2D eigenvalue weighted by atomic mass is 32.2. The number of methoxy groups -OCH3 is 1. The van der Waals surface area contributed by atoms with E-state index in [0.29, 0.717) is 18.3 Å². The van der Waals surface area contributed by atoms with Gasteiger partial charge >= 0.3 is 0 Å². The second-order valence-electron chi connectivity index (χ2n) is 6.94. The van der Waals surface area contributed by atoms with E-state index in [4.69, 9.17) is 9.15 Å². The van der Waals surface area contributed by atoms with Crippen LogP contribution < -0.4 is 14.4 Å². The van der Waals surface area contributed by atoms with Crippen molar-refractivity contribution in [3.8, 4) is 5.75 Å². The Balaban J connectivity index is 1.49. The normalized spacial score (nSPS) is 17.4. The number of nitrogens with one attached hydrogen (secondary N) is 1. The van der Waals surface area contributed by atoms with E-state index < -0.39 is 10.0 Å². The smallest absolute Gasteiger partial charge is 0.298 e. The van der Waals surface area contributed by atoms with E-state index >= 15 is 0 Å². The van der Waals surface area contributed by atoms with E-state index in [1.165, 1.54) is 0 Å². The number of hydrogen-bond acceptors (Lipinski definition) is 6. The van der Waals surface area contributed by atoms with Crippen molar-refractivity contribution in [3.05, 3.63) is 48.0 Å². The predicted molar refractivity (Wildman–Crippen MR) is 107 cm³/mol. The molecule has 1 N–H and O–H groups in total. The van der Waals surface area contributed by atoms with Gasteiger partial charge in [0.25, 0.3) is 6.01 Å². The topological polar surface area (TPSA) is 84.7 Å². The van der Waals surface area contributed by atoms with Crippen LogP contribution in [0.4, 0.5) is 6.01 Å². The van der Waals surface area contributed by atoms with Gasteiger partial charge < -0.3 is 14.1 Å². The number of rotatable bonds is 6. The van der Waals surface area contributed by atoms with Gasteiger partial charge in [0.15, 0.2) is 5.58 Å². The highest BCUT2D eigenvalue weighted by Gasteiger charge is 2.29. The Morgan fingerprint density at radius 3 is 2.86 bits per heavy atom. The van der Waals surface area contributed by atoms with Crippen LogP contribution in [0.15, 0.2) is 51.8 Å². The number of benzene rings is 2. The van der Waals surface area contributed by atoms with Gasteiger partial charge in [0.2, 0.25) is 10.0 Å². The van der Waals surface area contributed by atoms with Gasteiger partial charge in [0, 0.05) is 19.1 Å². The molecule has 0 saturated carbocycles. The SMILES string of the molecule is COc1ccc(S(=O)(=O)NCC2CCCN2c2nc3ccccc3o2)cc1C. The maximum atomic E-state index is 12.7. The molecule has 1 unspecified atom stereocenters. The summed E-state index contributed by atoms with van der Waals surface area (Å²) in [6.45, 7) is 2.91. The number of hydrogen-bond donors (Lipinski definition) is 1. The highest BCUT2D eigenvalue weighted by Crippen LogP contribution is 2.28. The van der Waals surface area contributed by atoms with Crippen LogP contribution in [0.1, 0.15) is 18.4 Å². The minimum atomic E-state index is -3.61. The summed E-state index contributed by atoms with van der Waals surface area (Å²) in [5, 5.41) is 0. The average molecular weight is 401 g/mol. The minimum Gasteiger partial charge on any atom is -0.496 e. The van der Waals surface area contributed by atoms with E-state index in [9.17, 15) is 8.42 Å². The first-order chi connectivity index (χ1) is 13.5. The van der Waals surface area contributed by atoms with Gasteiger partial charge in [-0.05, 0) is 55.7 Å². The van der Waals surface area contributed by atoms with Gasteiger partial charge in [-0.2, -0.15) is 4.98 Å². The first kappa shape index (κ1) is 18.8. The molecule has 0 amide bonds. The molecule has 1 aromatic heterocycles. The standard InChI is InChI=1S/C20H23N3O4S/c1-14-12-16(9-10-18(14)26-2)28(24,25)21-13-15-6-5-11-23(15)20-22-17-7-3-4-8-19(17)27-20/h3-4,7-10,12,15,21H,5-6,11,13H2,1-2H3. The van der Waals surface area contributed by atoms with Crippen LogP contribution in [0.2, 0.25) is 0 Å². The Labute approximate surface area is 164 Å². The van der Waals surface area contributed by atoms with Gasteiger partial charge in [-0.25, -0.2) is 13.1 Å². The average Bonchev–Trinajstić information content (AvgIpc) is 3.32. The second-order valence-corrected chi connectivity index (χ2v) is 8.70. The van der Waals surface area contributed by atoms with Gasteiger partial charge in [-0.1, -0.05) is 12.1 Å². The van der Waals surface area contributed by atoms with Crippen LogP contribution in [0.25, 0.3) is 11.1 Å². The summed E-state index contributed by atoms with van der Waals surface area (Å²) in [4.78, 5) is 6.82. The minimum absolute atomic E-state index is 0.00202. The van der Waals surface area contributed by atoms with E-state index in [0.717, 1.165) is 36.0 Å². The van der Waals surface area contributed by atoms with E-state index in [2.05, 4.69) is 9.71 Å². The number of nitrogens with zero attached hydrogens (tertiary/aromatic N) is 2. The fraction of sp³-hybridized carbons (Fsp3) is 0.350. The Kier molecular flexibility index (Phi) is 4.99. The van der Waals surface area contributed by atoms with Crippen molar-refractivity contribution in [1.82, 2.24) is 9.71 Å². The molecular formula is C20H23N3O4S. The zero-order chi connectivity index (χ0) is 19.7. The van der Waals surface area contributed by atoms with Crippen molar-refractivity contribution in [2.75, 3.05) is 25.1 Å². The lowest BCUT2D eigenvalue weighted by Gasteiger charge is -2.23. The van der Waals surface area contributed by atoms with E-state index in [1.54, 1.807) is 25.3 Å². The molecule has 8 heteroatoms. The van der Waals surface area contributed by atoms with Gasteiger partial charge in [0.1, 0.15) is 11.3 Å². The molecule has 0 radical (unpaired) electrons. The Hall–Kier alpha value is -2.58. The summed E-state index contributed by atoms with van der Waals surface area (Å²) >= 11 is 0. The first-order valence-corrected chi connectivity index (χ1v) is 10.7. The van der Waals surface area contributed by atoms with Gasteiger partial charge in [-0.15, -0.1) is 0 Å². The maximum Gasteiger partial charge on any atom is 0.298 e. The molecular weight excluding hydrogens is 378 g/mol. The number of para-hydroxylation sites is 2. The fourth-order valence-electron chi connectivity index (χ4n) is 3.59. The molecule has 0 spiro atoms. The van der Waals surface area contributed by atoms with Crippen LogP contribution in [0.3, 0.4) is 0 Å². The highest BCUT2D eigenvalue weighted by molar-refractivity contribution is 7.89. The number of oxazole rings is 1. The van der Waals surface area contributed by atoms with Crippen molar-refractivity contribution in [2.24, 2.45) is 0 Å². The Bertz CT molecular complexity index is 1060. The number of sulfonamides is 1. The molecule has 1 aliphatic heterocycles. The largest absolute Gasteiger partial charge is 0.496 e. The molecule has 148 valence electrons. The van der Waals surface area contributed by atoms with Crippen molar-refractivity contribution in [3.63, 3.8) is 0 Å². The number of fused-ring (bicyclic) bond motifs is 1. The summed E-state index contributed by atoms with van der Waals surface area (Å²) in [7, 11) is -2.04. The molecule has 1 saturated heterocycles. The fourth-order valence-corrected chi connectivity index (χ4v) is 4.75. The zero-order valence-electron chi connectivity index (χ0n) is 15.9. The Morgan fingerprint density at radius 2 is 2.11 bits per heavy atom. The molecule has 7 nitrogen and oxygen atoms in total. The van der Waals surface area contributed by atoms with Crippen molar-refractivity contribution < 1.29 is 17.6 Å². The van der Waals surface area contributed by atoms with Crippen LogP contribution in [-0.4, -0.2) is 39.6 Å². The van der Waals surface area contributed by atoms with Gasteiger partial charge in [0.05, 0.1) is 12.0 Å². The van der Waals surface area contributed by atoms with E-state index in [-0.39, 0.29) is 10.9 Å². The summed E-state index contributed by atoms with van der Waals surface area (Å²) in [6.07, 6.45) is 1.84. The molecule has 3 aromatic rings. The predicted octanol–water partition coefficient (Wildman–Crippen LogP) is 3.09. The third-order valence-electron chi connectivity index (χ3n) is 5.09.